The summed E-state index contributed by atoms with van der Waals surface area (Å²) in [4.78, 5) is 18.6. The fraction of sp³-hybridized carbons (Fsp3) is 0.296. The molecular weight excluding hydrogens is 420 g/mol. The Morgan fingerprint density at radius 2 is 1.58 bits per heavy atom. The minimum atomic E-state index is -0.310. The van der Waals surface area contributed by atoms with Gasteiger partial charge in [0.2, 0.25) is 5.91 Å². The summed E-state index contributed by atoms with van der Waals surface area (Å²) in [7, 11) is 5.76. The van der Waals surface area contributed by atoms with E-state index in [2.05, 4.69) is 9.80 Å². The predicted octanol–water partition coefficient (Wildman–Crippen LogP) is 4.98. The minimum absolute atomic E-state index is 0.120. The summed E-state index contributed by atoms with van der Waals surface area (Å²) >= 11 is 0. The molecule has 1 atom stereocenters. The van der Waals surface area contributed by atoms with Crippen molar-refractivity contribution in [1.29, 1.82) is 0 Å². The Balaban J connectivity index is 1.40. The third-order valence-corrected chi connectivity index (χ3v) is 6.41. The fourth-order valence-corrected chi connectivity index (χ4v) is 4.24. The van der Waals surface area contributed by atoms with E-state index in [0.717, 1.165) is 36.2 Å². The molecule has 6 heteroatoms. The van der Waals surface area contributed by atoms with Crippen molar-refractivity contribution in [3.63, 3.8) is 0 Å². The van der Waals surface area contributed by atoms with Crippen LogP contribution >= 0.6 is 0 Å². The zero-order chi connectivity index (χ0) is 23.5. The van der Waals surface area contributed by atoms with Gasteiger partial charge in [0.05, 0.1) is 12.1 Å². The van der Waals surface area contributed by atoms with Crippen LogP contribution in [0.2, 0.25) is 0 Å². The summed E-state index contributed by atoms with van der Waals surface area (Å²) in [6.07, 6.45) is 1.22. The molecule has 0 aliphatic carbocycles. The maximum Gasteiger partial charge on any atom is 0.231 e. The Labute approximate surface area is 194 Å². The Morgan fingerprint density at radius 3 is 2.15 bits per heavy atom. The van der Waals surface area contributed by atoms with Crippen LogP contribution in [0.25, 0.3) is 11.1 Å². The molecule has 1 unspecified atom stereocenters. The quantitative estimate of drug-likeness (QED) is 0.531. The largest absolute Gasteiger partial charge is 0.368 e. The van der Waals surface area contributed by atoms with Gasteiger partial charge in [0.1, 0.15) is 11.6 Å². The summed E-state index contributed by atoms with van der Waals surface area (Å²) < 4.78 is 28.0. The van der Waals surface area contributed by atoms with Crippen molar-refractivity contribution < 1.29 is 13.6 Å². The minimum Gasteiger partial charge on any atom is -0.368 e. The molecule has 1 aliphatic rings. The van der Waals surface area contributed by atoms with Gasteiger partial charge in [-0.15, -0.1) is 0 Å². The third kappa shape index (κ3) is 5.22. The third-order valence-electron chi connectivity index (χ3n) is 6.41. The first-order chi connectivity index (χ1) is 15.8. The number of likely N-dealkylation sites (N-methyl/N-ethyl adjacent to an activating group) is 2. The average Bonchev–Trinajstić information content (AvgIpc) is 3.30. The number of nitrogens with zero attached hydrogens (tertiary/aromatic N) is 3. The molecular formula is C27H29F2N3O. The fourth-order valence-electron chi connectivity index (χ4n) is 4.24. The first kappa shape index (κ1) is 22.9. The zero-order valence-electron chi connectivity index (χ0n) is 19.3. The maximum absolute atomic E-state index is 14.9. The van der Waals surface area contributed by atoms with Crippen LogP contribution in [0.3, 0.4) is 0 Å². The van der Waals surface area contributed by atoms with Crippen molar-refractivity contribution in [3.8, 4) is 11.1 Å². The maximum atomic E-state index is 14.9. The number of hydrogen-bond acceptors (Lipinski definition) is 3. The Hall–Kier alpha value is -3.25. The number of rotatable bonds is 6. The number of halogens is 2. The smallest absolute Gasteiger partial charge is 0.231 e. The van der Waals surface area contributed by atoms with Gasteiger partial charge in [0, 0.05) is 31.9 Å². The number of carbonyl (C=O) groups is 1. The van der Waals surface area contributed by atoms with Crippen LogP contribution < -0.4 is 9.80 Å². The Bertz CT molecular complexity index is 1110. The molecule has 0 radical (unpaired) electrons. The number of carbonyl (C=O) groups excluding carboxylic acids is 1. The van der Waals surface area contributed by atoms with Crippen LogP contribution in [-0.4, -0.2) is 51.1 Å². The van der Waals surface area contributed by atoms with E-state index in [0.29, 0.717) is 17.4 Å². The Kier molecular flexibility index (Phi) is 6.75. The van der Waals surface area contributed by atoms with Gasteiger partial charge in [-0.05, 0) is 67.5 Å². The predicted molar refractivity (Wildman–Crippen MR) is 130 cm³/mol. The molecule has 1 fully saturated rings. The van der Waals surface area contributed by atoms with E-state index in [-0.39, 0.29) is 24.0 Å². The van der Waals surface area contributed by atoms with Crippen molar-refractivity contribution in [2.45, 2.75) is 18.9 Å². The highest BCUT2D eigenvalue weighted by Gasteiger charge is 2.26. The van der Waals surface area contributed by atoms with E-state index in [1.54, 1.807) is 31.3 Å². The topological polar surface area (TPSA) is 26.8 Å². The van der Waals surface area contributed by atoms with Crippen molar-refractivity contribution >= 4 is 17.3 Å². The standard InChI is InChI=1S/C27H29F2N3O/c1-30(2)24-14-15-32(18-24)26-13-12-23(17-25(26)29)31(3)27(33)16-19-4-6-20(7-5-19)21-8-10-22(28)11-9-21/h4-13,17,24H,14-16,18H2,1-3H3. The molecule has 0 saturated carbocycles. The first-order valence-corrected chi connectivity index (χ1v) is 11.1. The van der Waals surface area contributed by atoms with Crippen molar-refractivity contribution in [2.24, 2.45) is 0 Å². The second-order valence-electron chi connectivity index (χ2n) is 8.82. The van der Waals surface area contributed by atoms with Gasteiger partial charge in [0.15, 0.2) is 0 Å². The molecule has 33 heavy (non-hydrogen) atoms. The SMILES string of the molecule is CN(C(=O)Cc1ccc(-c2ccc(F)cc2)cc1)c1ccc(N2CCC(N(C)C)C2)c(F)c1. The average molecular weight is 450 g/mol. The number of hydrogen-bond donors (Lipinski definition) is 0. The first-order valence-electron chi connectivity index (χ1n) is 11.1. The summed E-state index contributed by atoms with van der Waals surface area (Å²) in [5.74, 6) is -0.701. The molecule has 4 rings (SSSR count). The van der Waals surface area contributed by atoms with Crippen LogP contribution in [0.4, 0.5) is 20.2 Å². The van der Waals surface area contributed by atoms with E-state index >= 15 is 0 Å². The van der Waals surface area contributed by atoms with E-state index in [1.807, 2.05) is 38.4 Å². The molecule has 1 heterocycles. The van der Waals surface area contributed by atoms with E-state index in [1.165, 1.54) is 23.1 Å². The van der Waals surface area contributed by atoms with Gasteiger partial charge in [-0.3, -0.25) is 4.79 Å². The lowest BCUT2D eigenvalue weighted by atomic mass is 10.0. The van der Waals surface area contributed by atoms with Crippen LogP contribution in [0.1, 0.15) is 12.0 Å². The molecule has 0 spiro atoms. The van der Waals surface area contributed by atoms with Gasteiger partial charge >= 0.3 is 0 Å². The van der Waals surface area contributed by atoms with Crippen molar-refractivity contribution in [3.05, 3.63) is 83.9 Å². The molecule has 4 nitrogen and oxygen atoms in total. The zero-order valence-corrected chi connectivity index (χ0v) is 19.3. The second kappa shape index (κ2) is 9.71. The molecule has 0 N–H and O–H groups in total. The highest BCUT2D eigenvalue weighted by atomic mass is 19.1. The summed E-state index contributed by atoms with van der Waals surface area (Å²) in [5, 5.41) is 0. The van der Waals surface area contributed by atoms with E-state index in [4.69, 9.17) is 0 Å². The van der Waals surface area contributed by atoms with Gasteiger partial charge in [-0.25, -0.2) is 8.78 Å². The van der Waals surface area contributed by atoms with Crippen molar-refractivity contribution in [2.75, 3.05) is 44.0 Å². The molecule has 3 aromatic carbocycles. The number of benzene rings is 3. The van der Waals surface area contributed by atoms with Gasteiger partial charge in [-0.1, -0.05) is 36.4 Å². The molecule has 0 aromatic heterocycles. The number of anilines is 2. The van der Waals surface area contributed by atoms with E-state index in [9.17, 15) is 13.6 Å². The summed E-state index contributed by atoms with van der Waals surface area (Å²) in [6.45, 7) is 1.62. The normalized spacial score (nSPS) is 15.8. The monoisotopic (exact) mass is 449 g/mol. The van der Waals surface area contributed by atoms with Crippen molar-refractivity contribution in [1.82, 2.24) is 4.90 Å². The lowest BCUT2D eigenvalue weighted by Gasteiger charge is -2.23. The van der Waals surface area contributed by atoms with Crippen LogP contribution in [0.15, 0.2) is 66.7 Å². The van der Waals surface area contributed by atoms with Gasteiger partial charge in [0.25, 0.3) is 0 Å². The molecule has 172 valence electrons. The molecule has 0 bridgehead atoms. The lowest BCUT2D eigenvalue weighted by molar-refractivity contribution is -0.117. The van der Waals surface area contributed by atoms with E-state index < -0.39 is 0 Å². The van der Waals surface area contributed by atoms with Crippen LogP contribution in [-0.2, 0) is 11.2 Å². The van der Waals surface area contributed by atoms with Gasteiger partial charge in [-0.2, -0.15) is 0 Å². The van der Waals surface area contributed by atoms with Crippen LogP contribution in [0, 0.1) is 11.6 Å². The van der Waals surface area contributed by atoms with Gasteiger partial charge < -0.3 is 14.7 Å². The number of amides is 1. The second-order valence-corrected chi connectivity index (χ2v) is 8.82. The highest BCUT2D eigenvalue weighted by Crippen LogP contribution is 2.28. The molecule has 1 saturated heterocycles. The molecule has 3 aromatic rings. The Morgan fingerprint density at radius 1 is 0.939 bits per heavy atom. The summed E-state index contributed by atoms with van der Waals surface area (Å²) in [5.41, 5.74) is 3.85. The van der Waals surface area contributed by atoms with Crippen LogP contribution in [0.5, 0.6) is 0 Å². The lowest BCUT2D eigenvalue weighted by Crippen LogP contribution is -2.32. The highest BCUT2D eigenvalue weighted by molar-refractivity contribution is 5.94. The molecule has 1 aliphatic heterocycles. The molecule has 1 amide bonds. The summed E-state index contributed by atoms with van der Waals surface area (Å²) in [6, 6.07) is 19.4.